The number of anilines is 2. The van der Waals surface area contributed by atoms with Gasteiger partial charge in [0.15, 0.2) is 0 Å². The van der Waals surface area contributed by atoms with E-state index in [1.165, 1.54) is 11.3 Å². The molecule has 1 aromatic carbocycles. The van der Waals surface area contributed by atoms with Gasteiger partial charge in [0, 0.05) is 15.6 Å². The van der Waals surface area contributed by atoms with Crippen molar-refractivity contribution in [1.29, 1.82) is 0 Å². The molecule has 0 spiro atoms. The first kappa shape index (κ1) is 15.4. The van der Waals surface area contributed by atoms with Crippen LogP contribution in [0.2, 0.25) is 5.02 Å². The van der Waals surface area contributed by atoms with Gasteiger partial charge in [-0.05, 0) is 55.0 Å². The predicted molar refractivity (Wildman–Crippen MR) is 93.9 cm³/mol. The Hall–Kier alpha value is -1.52. The lowest BCUT2D eigenvalue weighted by atomic mass is 9.85. The highest BCUT2D eigenvalue weighted by molar-refractivity contribution is 7.16. The Morgan fingerprint density at radius 1 is 1.41 bits per heavy atom. The zero-order valence-corrected chi connectivity index (χ0v) is 14.1. The number of rotatable bonds is 3. The lowest BCUT2D eigenvalue weighted by Crippen LogP contribution is -2.18. The van der Waals surface area contributed by atoms with E-state index in [0.717, 1.165) is 36.4 Å². The fourth-order valence-electron chi connectivity index (χ4n) is 3.00. The Bertz CT molecular complexity index is 693. The summed E-state index contributed by atoms with van der Waals surface area (Å²) in [6, 6.07) is 7.11. The summed E-state index contributed by atoms with van der Waals surface area (Å²) in [4.78, 5) is 13.9. The summed E-state index contributed by atoms with van der Waals surface area (Å²) < 4.78 is 0. The van der Waals surface area contributed by atoms with E-state index < -0.39 is 0 Å². The second kappa shape index (κ2) is 6.31. The highest BCUT2D eigenvalue weighted by Crippen LogP contribution is 2.39. The Labute approximate surface area is 139 Å². The third-order valence-corrected chi connectivity index (χ3v) is 5.64. The Morgan fingerprint density at radius 2 is 2.14 bits per heavy atom. The van der Waals surface area contributed by atoms with Crippen molar-refractivity contribution >= 4 is 39.5 Å². The standard InChI is InChI=1S/C17H19ClN2OS/c1-2-10-3-8-13-14(9-10)22-16(19)15(13)17(21)20-12-6-4-11(18)5-7-12/h4-7,10H,2-3,8-9,19H2,1H3,(H,20,21)/t10-/m1/s1. The van der Waals surface area contributed by atoms with Crippen molar-refractivity contribution in [1.82, 2.24) is 0 Å². The molecule has 1 aromatic heterocycles. The predicted octanol–water partition coefficient (Wildman–Crippen LogP) is 4.75. The van der Waals surface area contributed by atoms with Crippen LogP contribution in [-0.2, 0) is 12.8 Å². The van der Waals surface area contributed by atoms with Crippen molar-refractivity contribution in [2.24, 2.45) is 5.92 Å². The van der Waals surface area contributed by atoms with Crippen molar-refractivity contribution in [3.63, 3.8) is 0 Å². The summed E-state index contributed by atoms with van der Waals surface area (Å²) in [7, 11) is 0. The zero-order chi connectivity index (χ0) is 15.7. The number of hydrogen-bond donors (Lipinski definition) is 2. The number of nitrogens with two attached hydrogens (primary N) is 1. The van der Waals surface area contributed by atoms with Crippen LogP contribution >= 0.6 is 22.9 Å². The van der Waals surface area contributed by atoms with E-state index in [-0.39, 0.29) is 5.91 Å². The summed E-state index contributed by atoms with van der Waals surface area (Å²) in [5, 5.41) is 4.20. The number of fused-ring (bicyclic) bond motifs is 1. The van der Waals surface area contributed by atoms with E-state index in [2.05, 4.69) is 12.2 Å². The maximum Gasteiger partial charge on any atom is 0.258 e. The van der Waals surface area contributed by atoms with Crippen LogP contribution in [0.4, 0.5) is 10.7 Å². The Kier molecular flexibility index (Phi) is 4.41. The Morgan fingerprint density at radius 3 is 2.82 bits per heavy atom. The summed E-state index contributed by atoms with van der Waals surface area (Å²) in [6.07, 6.45) is 4.32. The van der Waals surface area contributed by atoms with Crippen molar-refractivity contribution in [2.75, 3.05) is 11.1 Å². The molecule has 3 rings (SSSR count). The van der Waals surface area contributed by atoms with Crippen molar-refractivity contribution < 1.29 is 4.79 Å². The third kappa shape index (κ3) is 2.99. The number of carbonyl (C=O) groups excluding carboxylic acids is 1. The van der Waals surface area contributed by atoms with Gasteiger partial charge < -0.3 is 11.1 Å². The van der Waals surface area contributed by atoms with Crippen LogP contribution in [0.5, 0.6) is 0 Å². The SMILES string of the molecule is CC[C@@H]1CCc2c(sc(N)c2C(=O)Nc2ccc(Cl)cc2)C1. The molecule has 1 atom stereocenters. The molecule has 1 aliphatic rings. The maximum atomic E-state index is 12.6. The molecule has 22 heavy (non-hydrogen) atoms. The van der Waals surface area contributed by atoms with Crippen LogP contribution in [-0.4, -0.2) is 5.91 Å². The molecule has 0 unspecified atom stereocenters. The van der Waals surface area contributed by atoms with Gasteiger partial charge >= 0.3 is 0 Å². The van der Waals surface area contributed by atoms with Crippen LogP contribution in [0, 0.1) is 5.92 Å². The molecule has 0 aliphatic heterocycles. The van der Waals surface area contributed by atoms with E-state index in [4.69, 9.17) is 17.3 Å². The third-order valence-electron chi connectivity index (χ3n) is 4.30. The van der Waals surface area contributed by atoms with Gasteiger partial charge in [0.25, 0.3) is 5.91 Å². The fraction of sp³-hybridized carbons (Fsp3) is 0.353. The molecule has 1 heterocycles. The smallest absolute Gasteiger partial charge is 0.258 e. The average molecular weight is 335 g/mol. The lowest BCUT2D eigenvalue weighted by Gasteiger charge is -2.21. The van der Waals surface area contributed by atoms with E-state index in [1.54, 1.807) is 35.6 Å². The molecule has 5 heteroatoms. The number of hydrogen-bond acceptors (Lipinski definition) is 3. The zero-order valence-electron chi connectivity index (χ0n) is 12.5. The molecule has 2 aromatic rings. The molecule has 0 radical (unpaired) electrons. The van der Waals surface area contributed by atoms with Gasteiger partial charge in [-0.3, -0.25) is 4.79 Å². The van der Waals surface area contributed by atoms with Gasteiger partial charge in [-0.1, -0.05) is 24.9 Å². The Balaban J connectivity index is 1.84. The summed E-state index contributed by atoms with van der Waals surface area (Å²) in [5.74, 6) is 0.602. The van der Waals surface area contributed by atoms with Gasteiger partial charge in [0.05, 0.1) is 10.6 Å². The van der Waals surface area contributed by atoms with Crippen LogP contribution in [0.25, 0.3) is 0 Å². The van der Waals surface area contributed by atoms with Crippen LogP contribution in [0.15, 0.2) is 24.3 Å². The minimum Gasteiger partial charge on any atom is -0.390 e. The lowest BCUT2D eigenvalue weighted by molar-refractivity contribution is 0.102. The molecule has 1 aliphatic carbocycles. The second-order valence-corrected chi connectivity index (χ2v) is 7.29. The van der Waals surface area contributed by atoms with Crippen LogP contribution < -0.4 is 11.1 Å². The molecule has 3 nitrogen and oxygen atoms in total. The highest BCUT2D eigenvalue weighted by Gasteiger charge is 2.27. The van der Waals surface area contributed by atoms with E-state index in [9.17, 15) is 4.79 Å². The number of nitrogen functional groups attached to an aromatic ring is 1. The van der Waals surface area contributed by atoms with Crippen LogP contribution in [0.3, 0.4) is 0 Å². The monoisotopic (exact) mass is 334 g/mol. The van der Waals surface area contributed by atoms with Crippen LogP contribution in [0.1, 0.15) is 40.6 Å². The van der Waals surface area contributed by atoms with Gasteiger partial charge in [-0.25, -0.2) is 0 Å². The van der Waals surface area contributed by atoms with Crippen molar-refractivity contribution in [3.05, 3.63) is 45.3 Å². The summed E-state index contributed by atoms with van der Waals surface area (Å²) >= 11 is 7.44. The second-order valence-electron chi connectivity index (χ2n) is 5.72. The molecule has 0 bridgehead atoms. The minimum atomic E-state index is -0.118. The van der Waals surface area contributed by atoms with E-state index in [0.29, 0.717) is 15.6 Å². The fourth-order valence-corrected chi connectivity index (χ4v) is 4.36. The maximum absolute atomic E-state index is 12.6. The van der Waals surface area contributed by atoms with Gasteiger partial charge in [0.2, 0.25) is 0 Å². The van der Waals surface area contributed by atoms with E-state index >= 15 is 0 Å². The van der Waals surface area contributed by atoms with Gasteiger partial charge in [0.1, 0.15) is 0 Å². The number of thiophene rings is 1. The molecular weight excluding hydrogens is 316 g/mol. The molecule has 0 saturated carbocycles. The minimum absolute atomic E-state index is 0.118. The number of carbonyl (C=O) groups is 1. The van der Waals surface area contributed by atoms with Gasteiger partial charge in [-0.2, -0.15) is 0 Å². The quantitative estimate of drug-likeness (QED) is 0.850. The van der Waals surface area contributed by atoms with Crippen molar-refractivity contribution in [3.8, 4) is 0 Å². The van der Waals surface area contributed by atoms with Gasteiger partial charge in [-0.15, -0.1) is 11.3 Å². The molecule has 0 fully saturated rings. The van der Waals surface area contributed by atoms with Crippen molar-refractivity contribution in [2.45, 2.75) is 32.6 Å². The largest absolute Gasteiger partial charge is 0.390 e. The summed E-state index contributed by atoms with van der Waals surface area (Å²) in [5.41, 5.74) is 8.68. The first-order valence-electron chi connectivity index (χ1n) is 7.55. The molecule has 1 amide bonds. The summed E-state index contributed by atoms with van der Waals surface area (Å²) in [6.45, 7) is 2.22. The first-order valence-corrected chi connectivity index (χ1v) is 8.74. The normalized spacial score (nSPS) is 17.1. The highest BCUT2D eigenvalue weighted by atomic mass is 35.5. The first-order chi connectivity index (χ1) is 10.6. The number of benzene rings is 1. The number of nitrogens with one attached hydrogen (secondary N) is 1. The number of amides is 1. The number of halogens is 1. The topological polar surface area (TPSA) is 55.1 Å². The average Bonchev–Trinajstić information content (AvgIpc) is 2.84. The molecular formula is C17H19ClN2OS. The molecule has 0 saturated heterocycles. The molecule has 3 N–H and O–H groups in total. The molecule has 116 valence electrons. The van der Waals surface area contributed by atoms with E-state index in [1.807, 2.05) is 0 Å².